The van der Waals surface area contributed by atoms with Gasteiger partial charge in [0, 0.05) is 45.1 Å². The lowest BCUT2D eigenvalue weighted by Gasteiger charge is -2.33. The molecule has 8 nitrogen and oxygen atoms in total. The summed E-state index contributed by atoms with van der Waals surface area (Å²) in [6.45, 7) is 4.53. The molecule has 4 heterocycles. The third-order valence-electron chi connectivity index (χ3n) is 7.31. The fraction of sp³-hybridized carbons (Fsp3) is 0.500. The number of carbonyl (C=O) groups excluding carboxylic acids is 2. The van der Waals surface area contributed by atoms with Crippen molar-refractivity contribution in [3.05, 3.63) is 59.2 Å². The quantitative estimate of drug-likeness (QED) is 0.689. The van der Waals surface area contributed by atoms with Crippen molar-refractivity contribution in [3.63, 3.8) is 0 Å². The van der Waals surface area contributed by atoms with Crippen LogP contribution in [0.15, 0.2) is 36.5 Å². The Morgan fingerprint density at radius 1 is 1.00 bits per heavy atom. The number of rotatable bonds is 4. The second-order valence-electron chi connectivity index (χ2n) is 9.67. The van der Waals surface area contributed by atoms with Gasteiger partial charge >= 0.3 is 12.1 Å². The van der Waals surface area contributed by atoms with Crippen LogP contribution in [0.5, 0.6) is 0 Å². The van der Waals surface area contributed by atoms with Crippen LogP contribution in [0.3, 0.4) is 0 Å². The first-order valence-electron chi connectivity index (χ1n) is 12.4. The van der Waals surface area contributed by atoms with E-state index in [-0.39, 0.29) is 17.9 Å². The van der Waals surface area contributed by atoms with Crippen molar-refractivity contribution >= 4 is 17.7 Å². The number of nitrogens with one attached hydrogen (secondary N) is 2. The van der Waals surface area contributed by atoms with Crippen LogP contribution in [0.25, 0.3) is 0 Å². The van der Waals surface area contributed by atoms with Gasteiger partial charge in [0.2, 0.25) is 0 Å². The van der Waals surface area contributed by atoms with E-state index in [2.05, 4.69) is 27.8 Å². The Labute approximate surface area is 204 Å². The van der Waals surface area contributed by atoms with E-state index in [1.807, 2.05) is 17.0 Å². The lowest BCUT2D eigenvalue weighted by molar-refractivity contribution is 0.0662. The van der Waals surface area contributed by atoms with Crippen molar-refractivity contribution in [2.75, 3.05) is 38.2 Å². The van der Waals surface area contributed by atoms with Crippen molar-refractivity contribution in [3.8, 4) is 0 Å². The molecule has 3 aliphatic heterocycles. The molecule has 2 saturated heterocycles. The molecule has 0 radical (unpaired) electrons. The van der Waals surface area contributed by atoms with Gasteiger partial charge < -0.3 is 25.2 Å². The molecular weight excluding hydrogens is 449 g/mol. The first-order chi connectivity index (χ1) is 17.0. The Hall–Kier alpha value is -3.20. The highest BCUT2D eigenvalue weighted by atomic mass is 19.1. The fourth-order valence-electron chi connectivity index (χ4n) is 5.13. The number of halogens is 1. The molecule has 1 aromatic heterocycles. The topological polar surface area (TPSA) is 86.8 Å². The van der Waals surface area contributed by atoms with Gasteiger partial charge in [0.15, 0.2) is 0 Å². The van der Waals surface area contributed by atoms with Crippen molar-refractivity contribution in [2.24, 2.45) is 5.92 Å². The van der Waals surface area contributed by atoms with Gasteiger partial charge in [-0.05, 0) is 66.8 Å². The molecule has 3 aliphatic rings. The number of ether oxygens (including phenoxy) is 1. The summed E-state index contributed by atoms with van der Waals surface area (Å²) in [5.41, 5.74) is 3.43. The van der Waals surface area contributed by atoms with Crippen LogP contribution >= 0.6 is 0 Å². The molecule has 35 heavy (non-hydrogen) atoms. The highest BCUT2D eigenvalue weighted by molar-refractivity contribution is 5.89. The number of aromatic nitrogens is 1. The smallest absolute Gasteiger partial charge is 0.322 e. The van der Waals surface area contributed by atoms with Crippen LogP contribution in [0.2, 0.25) is 0 Å². The van der Waals surface area contributed by atoms with Gasteiger partial charge in [0.05, 0.1) is 18.4 Å². The van der Waals surface area contributed by atoms with Gasteiger partial charge in [-0.15, -0.1) is 0 Å². The van der Waals surface area contributed by atoms with Crippen molar-refractivity contribution < 1.29 is 18.7 Å². The Bertz CT molecular complexity index is 1050. The molecule has 1 aromatic carbocycles. The molecule has 0 spiro atoms. The Morgan fingerprint density at radius 3 is 2.49 bits per heavy atom. The van der Waals surface area contributed by atoms with E-state index in [0.717, 1.165) is 75.5 Å². The maximum Gasteiger partial charge on any atom is 0.322 e. The van der Waals surface area contributed by atoms with Gasteiger partial charge in [-0.3, -0.25) is 4.98 Å². The molecule has 0 aliphatic carbocycles. The number of pyridine rings is 1. The summed E-state index contributed by atoms with van der Waals surface area (Å²) < 4.78 is 18.8. The zero-order valence-corrected chi connectivity index (χ0v) is 19.8. The summed E-state index contributed by atoms with van der Waals surface area (Å²) in [6, 6.07) is 9.19. The highest BCUT2D eigenvalue weighted by Crippen LogP contribution is 2.29. The number of fused-ring (bicyclic) bond motifs is 1. The molecule has 2 fully saturated rings. The van der Waals surface area contributed by atoms with Crippen LogP contribution in [0.1, 0.15) is 48.4 Å². The third kappa shape index (κ3) is 5.73. The average molecular weight is 482 g/mol. The van der Waals surface area contributed by atoms with Gasteiger partial charge in [-0.2, -0.15) is 0 Å². The summed E-state index contributed by atoms with van der Waals surface area (Å²) in [5, 5.41) is 6.02. The van der Waals surface area contributed by atoms with Crippen LogP contribution in [0, 0.1) is 11.7 Å². The lowest BCUT2D eigenvalue weighted by Crippen LogP contribution is -2.45. The predicted octanol–water partition coefficient (Wildman–Crippen LogP) is 4.08. The third-order valence-corrected chi connectivity index (χ3v) is 7.31. The standard InChI is InChI=1S/C26H32FN5O3/c27-22-13-21-16-32(17-24(21)28-15-22)26(34)30-23-3-1-19(2-4-23)20-5-9-31(10-6-20)25(33)29-14-18-7-11-35-12-8-18/h1-4,13,15,18,20H,5-12,14,16-17H2,(H,29,33)(H,30,34). The Kier molecular flexibility index (Phi) is 7.13. The number of benzene rings is 1. The minimum absolute atomic E-state index is 0.0370. The summed E-state index contributed by atoms with van der Waals surface area (Å²) in [6.07, 6.45) is 5.06. The number of anilines is 1. The van der Waals surface area contributed by atoms with Crippen molar-refractivity contribution in [2.45, 2.75) is 44.7 Å². The van der Waals surface area contributed by atoms with Crippen LogP contribution in [-0.2, 0) is 17.8 Å². The zero-order chi connectivity index (χ0) is 24.2. The van der Waals surface area contributed by atoms with Gasteiger partial charge in [-0.1, -0.05) is 12.1 Å². The largest absolute Gasteiger partial charge is 0.381 e. The molecule has 2 aromatic rings. The Morgan fingerprint density at radius 2 is 1.74 bits per heavy atom. The molecule has 2 N–H and O–H groups in total. The lowest BCUT2D eigenvalue weighted by atomic mass is 9.89. The number of likely N-dealkylation sites (tertiary alicyclic amines) is 1. The summed E-state index contributed by atoms with van der Waals surface area (Å²) >= 11 is 0. The molecular formula is C26H32FN5O3. The molecule has 0 saturated carbocycles. The second-order valence-corrected chi connectivity index (χ2v) is 9.67. The number of piperidine rings is 1. The van der Waals surface area contributed by atoms with E-state index in [1.165, 1.54) is 17.8 Å². The number of hydrogen-bond acceptors (Lipinski definition) is 4. The van der Waals surface area contributed by atoms with Crippen molar-refractivity contribution in [1.82, 2.24) is 20.1 Å². The predicted molar refractivity (Wildman–Crippen MR) is 129 cm³/mol. The minimum atomic E-state index is -0.386. The van der Waals surface area contributed by atoms with Crippen LogP contribution < -0.4 is 10.6 Å². The average Bonchev–Trinajstić information content (AvgIpc) is 3.32. The van der Waals surface area contributed by atoms with Crippen LogP contribution in [-0.4, -0.2) is 59.7 Å². The summed E-state index contributed by atoms with van der Waals surface area (Å²) in [5.74, 6) is 0.529. The van der Waals surface area contributed by atoms with E-state index >= 15 is 0 Å². The van der Waals surface area contributed by atoms with Gasteiger partial charge in [0.1, 0.15) is 5.82 Å². The number of carbonyl (C=O) groups is 2. The van der Waals surface area contributed by atoms with E-state index in [4.69, 9.17) is 4.74 Å². The van der Waals surface area contributed by atoms with E-state index in [9.17, 15) is 14.0 Å². The molecule has 5 rings (SSSR count). The first-order valence-corrected chi connectivity index (χ1v) is 12.4. The molecule has 0 atom stereocenters. The molecule has 0 unspecified atom stereocenters. The SMILES string of the molecule is O=C(NCC1CCOCC1)N1CCC(c2ccc(NC(=O)N3Cc4cc(F)cnc4C3)cc2)CC1. The fourth-order valence-corrected chi connectivity index (χ4v) is 5.13. The zero-order valence-electron chi connectivity index (χ0n) is 19.8. The normalized spacial score (nSPS) is 18.9. The monoisotopic (exact) mass is 481 g/mol. The van der Waals surface area contributed by atoms with Crippen molar-refractivity contribution in [1.29, 1.82) is 0 Å². The highest BCUT2D eigenvalue weighted by Gasteiger charge is 2.26. The number of nitrogens with zero attached hydrogens (tertiary/aromatic N) is 3. The van der Waals surface area contributed by atoms with Gasteiger partial charge in [-0.25, -0.2) is 14.0 Å². The second kappa shape index (κ2) is 10.6. The molecule has 0 bridgehead atoms. The minimum Gasteiger partial charge on any atom is -0.381 e. The van der Waals surface area contributed by atoms with E-state index in [1.54, 1.807) is 4.90 Å². The first kappa shape index (κ1) is 23.5. The molecule has 186 valence electrons. The Balaban J connectivity index is 1.07. The van der Waals surface area contributed by atoms with E-state index < -0.39 is 0 Å². The number of amides is 4. The van der Waals surface area contributed by atoms with Crippen LogP contribution in [0.4, 0.5) is 19.7 Å². The summed E-state index contributed by atoms with van der Waals surface area (Å²) in [4.78, 5) is 32.8. The molecule has 4 amide bonds. The molecule has 9 heteroatoms. The summed E-state index contributed by atoms with van der Waals surface area (Å²) in [7, 11) is 0. The maximum absolute atomic E-state index is 13.4. The maximum atomic E-state index is 13.4. The number of hydrogen-bond donors (Lipinski definition) is 2. The van der Waals surface area contributed by atoms with Gasteiger partial charge in [0.25, 0.3) is 0 Å². The number of urea groups is 2. The van der Waals surface area contributed by atoms with E-state index in [0.29, 0.717) is 24.9 Å².